The minimum Gasteiger partial charge on any atom is -0.508 e. The summed E-state index contributed by atoms with van der Waals surface area (Å²) < 4.78 is 11.2. The number of para-hydroxylation sites is 1. The third-order valence-corrected chi connectivity index (χ3v) is 8.07. The topological polar surface area (TPSA) is 154 Å². The molecule has 0 radical (unpaired) electrons. The van der Waals surface area contributed by atoms with Crippen LogP contribution < -0.4 is 10.6 Å². The van der Waals surface area contributed by atoms with Crippen LogP contribution in [0.1, 0.15) is 90.1 Å². The first-order chi connectivity index (χ1) is 23.8. The molecule has 51 heavy (non-hydrogen) atoms. The van der Waals surface area contributed by atoms with Gasteiger partial charge in [0.15, 0.2) is 0 Å². The zero-order valence-corrected chi connectivity index (χ0v) is 31.2. The van der Waals surface area contributed by atoms with E-state index in [1.165, 1.54) is 17.0 Å². The van der Waals surface area contributed by atoms with Crippen molar-refractivity contribution < 1.29 is 38.9 Å². The van der Waals surface area contributed by atoms with Gasteiger partial charge in [0.1, 0.15) is 40.8 Å². The molecule has 3 aromatic carbocycles. The average Bonchev–Trinajstić information content (AvgIpc) is 3.03. The molecule has 0 spiro atoms. The SMILES string of the molecule is CCC(C)N(C(=O)C(Cc1ccc(O)cc1)NC(=O)OC(C)(C)C)C(C(=O)NC(Cc1ccccc1)C(=O)OC(C)(C)C)c1cccc(C)c1O. The van der Waals surface area contributed by atoms with Crippen molar-refractivity contribution in [3.05, 3.63) is 95.1 Å². The Morgan fingerprint density at radius 1 is 0.745 bits per heavy atom. The molecule has 3 aromatic rings. The highest BCUT2D eigenvalue weighted by atomic mass is 16.6. The number of rotatable bonds is 13. The highest BCUT2D eigenvalue weighted by Crippen LogP contribution is 2.34. The van der Waals surface area contributed by atoms with Gasteiger partial charge in [-0.25, -0.2) is 9.59 Å². The number of amides is 3. The van der Waals surface area contributed by atoms with Gasteiger partial charge in [-0.3, -0.25) is 9.59 Å². The number of ether oxygens (including phenoxy) is 2. The monoisotopic (exact) mass is 703 g/mol. The molecule has 11 heteroatoms. The molecule has 0 aliphatic rings. The van der Waals surface area contributed by atoms with Gasteiger partial charge in [-0.15, -0.1) is 0 Å². The van der Waals surface area contributed by atoms with E-state index in [1.54, 1.807) is 85.7 Å². The van der Waals surface area contributed by atoms with Crippen LogP contribution in [-0.4, -0.2) is 68.3 Å². The minimum absolute atomic E-state index is 0.00598. The van der Waals surface area contributed by atoms with Crippen molar-refractivity contribution in [3.63, 3.8) is 0 Å². The number of aryl methyl sites for hydroxylation is 1. The summed E-state index contributed by atoms with van der Waals surface area (Å²) in [5.41, 5.74) is 0.301. The molecular weight excluding hydrogens is 650 g/mol. The minimum atomic E-state index is -1.43. The van der Waals surface area contributed by atoms with E-state index in [4.69, 9.17) is 9.47 Å². The summed E-state index contributed by atoms with van der Waals surface area (Å²) in [5, 5.41) is 26.8. The lowest BCUT2D eigenvalue weighted by Gasteiger charge is -2.39. The van der Waals surface area contributed by atoms with Crippen LogP contribution in [0.2, 0.25) is 0 Å². The van der Waals surface area contributed by atoms with Crippen LogP contribution in [-0.2, 0) is 36.7 Å². The highest BCUT2D eigenvalue weighted by Gasteiger charge is 2.41. The zero-order valence-electron chi connectivity index (χ0n) is 31.2. The molecule has 4 unspecified atom stereocenters. The molecule has 0 aliphatic heterocycles. The predicted octanol–water partition coefficient (Wildman–Crippen LogP) is 6.28. The first-order valence-electron chi connectivity index (χ1n) is 17.2. The molecule has 0 aliphatic carbocycles. The molecule has 4 atom stereocenters. The number of benzene rings is 3. The number of phenols is 2. The van der Waals surface area contributed by atoms with Gasteiger partial charge in [-0.2, -0.15) is 0 Å². The second-order valence-electron chi connectivity index (χ2n) is 14.8. The summed E-state index contributed by atoms with van der Waals surface area (Å²) in [6.07, 6.45) is -0.334. The molecule has 3 amide bonds. The van der Waals surface area contributed by atoms with Crippen molar-refractivity contribution in [1.29, 1.82) is 0 Å². The van der Waals surface area contributed by atoms with E-state index in [9.17, 15) is 29.4 Å². The zero-order chi connectivity index (χ0) is 38.1. The number of hydrogen-bond donors (Lipinski definition) is 4. The van der Waals surface area contributed by atoms with Crippen molar-refractivity contribution >= 4 is 23.9 Å². The van der Waals surface area contributed by atoms with E-state index >= 15 is 0 Å². The maximum atomic E-state index is 14.9. The normalized spacial score (nSPS) is 14.0. The van der Waals surface area contributed by atoms with E-state index < -0.39 is 59.2 Å². The Balaban J connectivity index is 2.17. The number of nitrogens with one attached hydrogen (secondary N) is 2. The molecule has 276 valence electrons. The summed E-state index contributed by atoms with van der Waals surface area (Å²) in [4.78, 5) is 57.7. The number of alkyl carbamates (subject to hydrolysis) is 1. The number of carbonyl (C=O) groups is 4. The fourth-order valence-corrected chi connectivity index (χ4v) is 5.48. The number of aromatic hydroxyl groups is 2. The summed E-state index contributed by atoms with van der Waals surface area (Å²) in [5.74, 6) is -2.17. The fourth-order valence-electron chi connectivity index (χ4n) is 5.48. The number of carbonyl (C=O) groups excluding carboxylic acids is 4. The number of esters is 1. The molecule has 0 fully saturated rings. The molecule has 0 saturated carbocycles. The molecule has 0 heterocycles. The lowest BCUT2D eigenvalue weighted by atomic mass is 9.95. The third-order valence-electron chi connectivity index (χ3n) is 8.07. The standard InChI is InChI=1S/C40H53N3O8/c1-10-26(3)43(36(47)31(42-38(49)51-40(7,8)9)23-28-19-21-29(44)22-20-28)33(30-18-14-15-25(2)34(30)45)35(46)41-32(37(48)50-39(4,5)6)24-27-16-12-11-13-17-27/h11-22,26,31-33,44-45H,10,23-24H2,1-9H3,(H,41,46)(H,42,49). The van der Waals surface area contributed by atoms with Crippen LogP contribution >= 0.6 is 0 Å². The van der Waals surface area contributed by atoms with Gasteiger partial charge in [-0.1, -0.05) is 67.6 Å². The van der Waals surface area contributed by atoms with Gasteiger partial charge in [0.05, 0.1) is 0 Å². The number of hydrogen-bond acceptors (Lipinski definition) is 8. The third kappa shape index (κ3) is 12.0. The smallest absolute Gasteiger partial charge is 0.408 e. The molecule has 0 bridgehead atoms. The van der Waals surface area contributed by atoms with Gasteiger partial charge < -0.3 is 35.2 Å². The second-order valence-corrected chi connectivity index (χ2v) is 14.8. The van der Waals surface area contributed by atoms with E-state index in [0.29, 0.717) is 17.5 Å². The van der Waals surface area contributed by atoms with E-state index in [-0.39, 0.29) is 29.9 Å². The Hall–Kier alpha value is -5.06. The predicted molar refractivity (Wildman–Crippen MR) is 195 cm³/mol. The van der Waals surface area contributed by atoms with Crippen molar-refractivity contribution in [2.75, 3.05) is 0 Å². The van der Waals surface area contributed by atoms with Crippen molar-refractivity contribution in [2.24, 2.45) is 0 Å². The van der Waals surface area contributed by atoms with Crippen LogP contribution in [0.5, 0.6) is 11.5 Å². The van der Waals surface area contributed by atoms with Gasteiger partial charge in [0, 0.05) is 24.4 Å². The Bertz CT molecular complexity index is 1640. The molecule has 11 nitrogen and oxygen atoms in total. The summed E-state index contributed by atoms with van der Waals surface area (Å²) in [6.45, 7) is 15.6. The Kier molecular flexibility index (Phi) is 13.6. The summed E-state index contributed by atoms with van der Waals surface area (Å²) in [6, 6.07) is 15.9. The maximum absolute atomic E-state index is 14.9. The van der Waals surface area contributed by atoms with Crippen molar-refractivity contribution in [2.45, 2.75) is 117 Å². The number of nitrogens with zero attached hydrogens (tertiary/aromatic N) is 1. The van der Waals surface area contributed by atoms with Gasteiger partial charge in [-0.05, 0) is 90.6 Å². The van der Waals surface area contributed by atoms with Gasteiger partial charge in [0.2, 0.25) is 11.8 Å². The highest BCUT2D eigenvalue weighted by molar-refractivity contribution is 5.94. The fraction of sp³-hybridized carbons (Fsp3) is 0.450. The first kappa shape index (κ1) is 40.4. The molecule has 0 saturated heterocycles. The van der Waals surface area contributed by atoms with Gasteiger partial charge >= 0.3 is 12.1 Å². The average molecular weight is 704 g/mol. The van der Waals surface area contributed by atoms with Crippen molar-refractivity contribution in [1.82, 2.24) is 15.5 Å². The van der Waals surface area contributed by atoms with Crippen LogP contribution in [0.3, 0.4) is 0 Å². The number of phenolic OH excluding ortho intramolecular Hbond substituents is 2. The molecule has 3 rings (SSSR count). The quantitative estimate of drug-likeness (QED) is 0.152. The second kappa shape index (κ2) is 17.2. The Morgan fingerprint density at radius 2 is 1.31 bits per heavy atom. The maximum Gasteiger partial charge on any atom is 0.408 e. The van der Waals surface area contributed by atoms with E-state index in [1.807, 2.05) is 37.3 Å². The Morgan fingerprint density at radius 3 is 1.88 bits per heavy atom. The molecule has 4 N–H and O–H groups in total. The molecular formula is C40H53N3O8. The van der Waals surface area contributed by atoms with Crippen LogP contribution in [0.15, 0.2) is 72.8 Å². The lowest BCUT2D eigenvalue weighted by molar-refractivity contribution is -0.159. The van der Waals surface area contributed by atoms with Crippen LogP contribution in [0.25, 0.3) is 0 Å². The Labute approximate surface area is 301 Å². The summed E-state index contributed by atoms with van der Waals surface area (Å²) in [7, 11) is 0. The van der Waals surface area contributed by atoms with Crippen LogP contribution in [0, 0.1) is 6.92 Å². The van der Waals surface area contributed by atoms with Crippen molar-refractivity contribution in [3.8, 4) is 11.5 Å². The largest absolute Gasteiger partial charge is 0.508 e. The van der Waals surface area contributed by atoms with Gasteiger partial charge in [0.25, 0.3) is 0 Å². The molecule has 0 aromatic heterocycles. The van der Waals surface area contributed by atoms with Crippen LogP contribution in [0.4, 0.5) is 4.79 Å². The van der Waals surface area contributed by atoms with E-state index in [2.05, 4.69) is 10.6 Å². The van der Waals surface area contributed by atoms with E-state index in [0.717, 1.165) is 5.56 Å². The summed E-state index contributed by atoms with van der Waals surface area (Å²) >= 11 is 0. The first-order valence-corrected chi connectivity index (χ1v) is 17.2. The lowest BCUT2D eigenvalue weighted by Crippen LogP contribution is -2.57.